The van der Waals surface area contributed by atoms with Crippen LogP contribution in [0.5, 0.6) is 0 Å². The van der Waals surface area contributed by atoms with E-state index < -0.39 is 0 Å². The minimum atomic E-state index is 0.338. The lowest BCUT2D eigenvalue weighted by Crippen LogP contribution is -2.22. The Morgan fingerprint density at radius 3 is 2.53 bits per heavy atom. The SMILES string of the molecule is COC1CCC(C2=CC(=O)CCC2)CC1. The van der Waals surface area contributed by atoms with Crippen LogP contribution in [0.3, 0.4) is 0 Å². The minimum absolute atomic E-state index is 0.338. The zero-order chi connectivity index (χ0) is 10.7. The van der Waals surface area contributed by atoms with Crippen molar-refractivity contribution in [2.75, 3.05) is 7.11 Å². The number of allylic oxidation sites excluding steroid dienone is 2. The standard InChI is InChI=1S/C13H20O2/c1-15-13-7-5-10(6-8-13)11-3-2-4-12(14)9-11/h9-10,13H,2-8H2,1H3. The molecular weight excluding hydrogens is 188 g/mol. The molecule has 2 aliphatic rings. The average Bonchev–Trinajstić information content (AvgIpc) is 2.29. The van der Waals surface area contributed by atoms with Gasteiger partial charge in [-0.25, -0.2) is 0 Å². The molecule has 0 amide bonds. The molecule has 2 aliphatic carbocycles. The molecule has 0 radical (unpaired) electrons. The van der Waals surface area contributed by atoms with Crippen molar-refractivity contribution >= 4 is 5.78 Å². The average molecular weight is 208 g/mol. The van der Waals surface area contributed by atoms with Crippen molar-refractivity contribution in [3.8, 4) is 0 Å². The fourth-order valence-electron chi connectivity index (χ4n) is 2.81. The van der Waals surface area contributed by atoms with Crippen molar-refractivity contribution in [1.82, 2.24) is 0 Å². The number of carbonyl (C=O) groups excluding carboxylic acids is 1. The largest absolute Gasteiger partial charge is 0.381 e. The van der Waals surface area contributed by atoms with E-state index in [2.05, 4.69) is 0 Å². The molecule has 0 N–H and O–H groups in total. The Morgan fingerprint density at radius 1 is 1.20 bits per heavy atom. The van der Waals surface area contributed by atoms with E-state index in [4.69, 9.17) is 4.74 Å². The number of hydrogen-bond acceptors (Lipinski definition) is 2. The number of ether oxygens (including phenoxy) is 1. The van der Waals surface area contributed by atoms with Crippen molar-refractivity contribution in [2.45, 2.75) is 51.0 Å². The predicted molar refractivity (Wildman–Crippen MR) is 59.7 cm³/mol. The number of ketones is 1. The fourth-order valence-corrected chi connectivity index (χ4v) is 2.81. The summed E-state index contributed by atoms with van der Waals surface area (Å²) in [5.41, 5.74) is 1.42. The lowest BCUT2D eigenvalue weighted by atomic mass is 9.78. The van der Waals surface area contributed by atoms with Crippen LogP contribution in [0.25, 0.3) is 0 Å². The van der Waals surface area contributed by atoms with Gasteiger partial charge in [-0.3, -0.25) is 4.79 Å². The summed E-state index contributed by atoms with van der Waals surface area (Å²) in [6, 6.07) is 0. The third-order valence-electron chi connectivity index (χ3n) is 3.77. The molecule has 0 aromatic heterocycles. The number of methoxy groups -OCH3 is 1. The topological polar surface area (TPSA) is 26.3 Å². The van der Waals surface area contributed by atoms with E-state index in [9.17, 15) is 4.79 Å². The van der Waals surface area contributed by atoms with Crippen LogP contribution in [0.4, 0.5) is 0 Å². The molecule has 0 unspecified atom stereocenters. The van der Waals surface area contributed by atoms with Gasteiger partial charge < -0.3 is 4.74 Å². The van der Waals surface area contributed by atoms with Gasteiger partial charge in [-0.1, -0.05) is 5.57 Å². The lowest BCUT2D eigenvalue weighted by molar-refractivity contribution is -0.115. The maximum Gasteiger partial charge on any atom is 0.155 e. The summed E-state index contributed by atoms with van der Waals surface area (Å²) in [7, 11) is 1.80. The first-order valence-electron chi connectivity index (χ1n) is 6.05. The van der Waals surface area contributed by atoms with Crippen molar-refractivity contribution in [3.05, 3.63) is 11.6 Å². The molecule has 0 heterocycles. The highest BCUT2D eigenvalue weighted by atomic mass is 16.5. The Bertz CT molecular complexity index is 260. The highest BCUT2D eigenvalue weighted by molar-refractivity contribution is 5.91. The van der Waals surface area contributed by atoms with E-state index in [1.165, 1.54) is 18.4 Å². The molecule has 1 fully saturated rings. The van der Waals surface area contributed by atoms with Crippen molar-refractivity contribution in [2.24, 2.45) is 5.92 Å². The molecule has 0 aromatic rings. The van der Waals surface area contributed by atoms with Gasteiger partial charge in [0.05, 0.1) is 6.10 Å². The summed E-state index contributed by atoms with van der Waals surface area (Å²) in [5.74, 6) is 1.01. The normalized spacial score (nSPS) is 32.6. The number of carbonyl (C=O) groups is 1. The molecule has 2 heteroatoms. The van der Waals surface area contributed by atoms with E-state index in [-0.39, 0.29) is 0 Å². The van der Waals surface area contributed by atoms with Gasteiger partial charge in [-0.15, -0.1) is 0 Å². The van der Waals surface area contributed by atoms with Gasteiger partial charge in [-0.05, 0) is 50.5 Å². The Balaban J connectivity index is 1.92. The highest BCUT2D eigenvalue weighted by Gasteiger charge is 2.25. The quantitative estimate of drug-likeness (QED) is 0.697. The minimum Gasteiger partial charge on any atom is -0.381 e. The van der Waals surface area contributed by atoms with Gasteiger partial charge in [0.25, 0.3) is 0 Å². The molecular formula is C13H20O2. The molecule has 1 saturated carbocycles. The zero-order valence-electron chi connectivity index (χ0n) is 9.50. The molecule has 0 aliphatic heterocycles. The molecule has 0 atom stereocenters. The summed E-state index contributed by atoms with van der Waals surface area (Å²) in [6.45, 7) is 0. The van der Waals surface area contributed by atoms with E-state index in [0.29, 0.717) is 17.8 Å². The van der Waals surface area contributed by atoms with Crippen LogP contribution in [0.1, 0.15) is 44.9 Å². The summed E-state index contributed by atoms with van der Waals surface area (Å²) in [5, 5.41) is 0. The first-order chi connectivity index (χ1) is 7.29. The van der Waals surface area contributed by atoms with Crippen molar-refractivity contribution in [1.29, 1.82) is 0 Å². The summed E-state index contributed by atoms with van der Waals surface area (Å²) < 4.78 is 5.36. The molecule has 84 valence electrons. The third kappa shape index (κ3) is 2.69. The zero-order valence-corrected chi connectivity index (χ0v) is 9.50. The number of hydrogen-bond donors (Lipinski definition) is 0. The molecule has 2 rings (SSSR count). The second-order valence-corrected chi connectivity index (χ2v) is 4.75. The smallest absolute Gasteiger partial charge is 0.155 e. The molecule has 0 bridgehead atoms. The Hall–Kier alpha value is -0.630. The molecule has 15 heavy (non-hydrogen) atoms. The van der Waals surface area contributed by atoms with Crippen LogP contribution in [0, 0.1) is 5.92 Å². The maximum absolute atomic E-state index is 11.3. The summed E-state index contributed by atoms with van der Waals surface area (Å²) in [4.78, 5) is 11.3. The highest BCUT2D eigenvalue weighted by Crippen LogP contribution is 2.34. The van der Waals surface area contributed by atoms with E-state index >= 15 is 0 Å². The van der Waals surface area contributed by atoms with Crippen LogP contribution in [0.2, 0.25) is 0 Å². The van der Waals surface area contributed by atoms with Crippen LogP contribution in [-0.4, -0.2) is 19.0 Å². The second kappa shape index (κ2) is 4.93. The first kappa shape index (κ1) is 10.9. The Morgan fingerprint density at radius 2 is 1.93 bits per heavy atom. The number of rotatable bonds is 2. The molecule has 2 nitrogen and oxygen atoms in total. The lowest BCUT2D eigenvalue weighted by Gasteiger charge is -2.30. The summed E-state index contributed by atoms with van der Waals surface area (Å²) in [6.07, 6.45) is 10.1. The van der Waals surface area contributed by atoms with Gasteiger partial charge in [0.15, 0.2) is 5.78 Å². The molecule has 0 aromatic carbocycles. The summed E-state index contributed by atoms with van der Waals surface area (Å²) >= 11 is 0. The van der Waals surface area contributed by atoms with Crippen LogP contribution in [0.15, 0.2) is 11.6 Å². The van der Waals surface area contributed by atoms with Gasteiger partial charge in [0.2, 0.25) is 0 Å². The fraction of sp³-hybridized carbons (Fsp3) is 0.769. The van der Waals surface area contributed by atoms with Gasteiger partial charge in [0, 0.05) is 13.5 Å². The Labute approximate surface area is 91.7 Å². The predicted octanol–water partition coefficient (Wildman–Crippen LogP) is 2.87. The molecule has 0 spiro atoms. The Kier molecular flexibility index (Phi) is 3.57. The van der Waals surface area contributed by atoms with E-state index in [1.807, 2.05) is 6.08 Å². The second-order valence-electron chi connectivity index (χ2n) is 4.75. The monoisotopic (exact) mass is 208 g/mol. The maximum atomic E-state index is 11.3. The van der Waals surface area contributed by atoms with Crippen molar-refractivity contribution < 1.29 is 9.53 Å². The van der Waals surface area contributed by atoms with Crippen LogP contribution < -0.4 is 0 Å². The van der Waals surface area contributed by atoms with Gasteiger partial charge in [-0.2, -0.15) is 0 Å². The van der Waals surface area contributed by atoms with E-state index in [0.717, 1.165) is 32.1 Å². The first-order valence-corrected chi connectivity index (χ1v) is 6.05. The molecule has 0 saturated heterocycles. The van der Waals surface area contributed by atoms with Crippen molar-refractivity contribution in [3.63, 3.8) is 0 Å². The third-order valence-corrected chi connectivity index (χ3v) is 3.77. The van der Waals surface area contributed by atoms with Gasteiger partial charge >= 0.3 is 0 Å². The van der Waals surface area contributed by atoms with Crippen LogP contribution in [-0.2, 0) is 9.53 Å². The van der Waals surface area contributed by atoms with Crippen LogP contribution >= 0.6 is 0 Å². The van der Waals surface area contributed by atoms with E-state index in [1.54, 1.807) is 7.11 Å². The van der Waals surface area contributed by atoms with Gasteiger partial charge in [0.1, 0.15) is 0 Å².